The lowest BCUT2D eigenvalue weighted by Crippen LogP contribution is -2.56. The monoisotopic (exact) mass is 309 g/mol. The number of carboxylic acid groups (broad SMARTS) is 1. The van der Waals surface area contributed by atoms with Gasteiger partial charge in [-0.1, -0.05) is 12.1 Å². The number of aliphatic carboxylic acids is 1. The molecule has 1 aliphatic rings. The average molecular weight is 309 g/mol. The Bertz CT molecular complexity index is 509. The molecule has 2 N–H and O–H groups in total. The molecule has 6 heteroatoms. The predicted molar refractivity (Wildman–Crippen MR) is 81.8 cm³/mol. The molecule has 2 rings (SSSR count). The molecule has 21 heavy (non-hydrogen) atoms. The van der Waals surface area contributed by atoms with Crippen molar-refractivity contribution < 1.29 is 19.4 Å². The second kappa shape index (κ2) is 6.85. The zero-order valence-electron chi connectivity index (χ0n) is 11.9. The largest absolute Gasteiger partial charge is 0.497 e. The van der Waals surface area contributed by atoms with Crippen LogP contribution in [0.1, 0.15) is 18.4 Å². The highest BCUT2D eigenvalue weighted by molar-refractivity contribution is 7.99. The maximum absolute atomic E-state index is 12.1. The Kier molecular flexibility index (Phi) is 5.12. The SMILES string of the molecule is COc1ccc(CC(=O)NC2(C(=O)O)CCSCC2)cc1. The predicted octanol–water partition coefficient (Wildman–Crippen LogP) is 1.70. The van der Waals surface area contributed by atoms with E-state index in [0.717, 1.165) is 22.8 Å². The van der Waals surface area contributed by atoms with Crippen LogP contribution in [-0.2, 0) is 16.0 Å². The summed E-state index contributed by atoms with van der Waals surface area (Å²) in [6, 6.07) is 7.19. The van der Waals surface area contributed by atoms with E-state index in [0.29, 0.717) is 12.8 Å². The van der Waals surface area contributed by atoms with Crippen molar-refractivity contribution in [2.45, 2.75) is 24.8 Å². The van der Waals surface area contributed by atoms with Crippen LogP contribution in [0.2, 0.25) is 0 Å². The van der Waals surface area contributed by atoms with Crippen molar-refractivity contribution in [3.05, 3.63) is 29.8 Å². The van der Waals surface area contributed by atoms with E-state index < -0.39 is 11.5 Å². The minimum atomic E-state index is -1.10. The van der Waals surface area contributed by atoms with Gasteiger partial charge in [0.15, 0.2) is 0 Å². The van der Waals surface area contributed by atoms with Crippen LogP contribution in [0.25, 0.3) is 0 Å². The van der Waals surface area contributed by atoms with E-state index in [1.807, 2.05) is 12.1 Å². The van der Waals surface area contributed by atoms with Gasteiger partial charge in [-0.3, -0.25) is 4.79 Å². The Morgan fingerprint density at radius 2 is 1.90 bits per heavy atom. The van der Waals surface area contributed by atoms with Gasteiger partial charge in [0.05, 0.1) is 13.5 Å². The van der Waals surface area contributed by atoms with Gasteiger partial charge >= 0.3 is 5.97 Å². The summed E-state index contributed by atoms with van der Waals surface area (Å²) in [5, 5.41) is 12.2. The molecule has 5 nitrogen and oxygen atoms in total. The van der Waals surface area contributed by atoms with E-state index in [2.05, 4.69) is 5.32 Å². The summed E-state index contributed by atoms with van der Waals surface area (Å²) in [5.41, 5.74) is -0.270. The molecule has 1 fully saturated rings. The molecule has 0 radical (unpaired) electrons. The number of methoxy groups -OCH3 is 1. The summed E-state index contributed by atoms with van der Waals surface area (Å²) >= 11 is 1.72. The quantitative estimate of drug-likeness (QED) is 0.866. The number of carboxylic acids is 1. The van der Waals surface area contributed by atoms with Crippen LogP contribution in [0.5, 0.6) is 5.75 Å². The summed E-state index contributed by atoms with van der Waals surface area (Å²) in [5.74, 6) is 1.05. The Balaban J connectivity index is 2.00. The smallest absolute Gasteiger partial charge is 0.329 e. The van der Waals surface area contributed by atoms with Gasteiger partial charge in [-0.2, -0.15) is 11.8 Å². The maximum atomic E-state index is 12.1. The van der Waals surface area contributed by atoms with Gasteiger partial charge < -0.3 is 15.2 Å². The molecule has 0 unspecified atom stereocenters. The highest BCUT2D eigenvalue weighted by atomic mass is 32.2. The number of rotatable bonds is 5. The molecule has 1 saturated heterocycles. The molecule has 0 spiro atoms. The van der Waals surface area contributed by atoms with Gasteiger partial charge in [0.2, 0.25) is 5.91 Å². The molecule has 1 amide bonds. The summed E-state index contributed by atoms with van der Waals surface area (Å²) in [6.45, 7) is 0. The van der Waals surface area contributed by atoms with E-state index in [1.165, 1.54) is 0 Å². The van der Waals surface area contributed by atoms with Crippen LogP contribution in [-0.4, -0.2) is 41.1 Å². The van der Waals surface area contributed by atoms with Gasteiger partial charge in [0.1, 0.15) is 11.3 Å². The standard InChI is InChI=1S/C15H19NO4S/c1-20-12-4-2-11(3-5-12)10-13(17)16-15(14(18)19)6-8-21-9-7-15/h2-5H,6-10H2,1H3,(H,16,17)(H,18,19). The highest BCUT2D eigenvalue weighted by Gasteiger charge is 2.41. The van der Waals surface area contributed by atoms with Crippen molar-refractivity contribution in [2.24, 2.45) is 0 Å². The van der Waals surface area contributed by atoms with E-state index in [1.54, 1.807) is 31.0 Å². The Morgan fingerprint density at radius 1 is 1.29 bits per heavy atom. The van der Waals surface area contributed by atoms with Crippen LogP contribution in [0.4, 0.5) is 0 Å². The number of benzene rings is 1. The van der Waals surface area contributed by atoms with Crippen molar-refractivity contribution in [1.29, 1.82) is 0 Å². The molecule has 0 atom stereocenters. The van der Waals surface area contributed by atoms with Crippen molar-refractivity contribution in [2.75, 3.05) is 18.6 Å². The van der Waals surface area contributed by atoms with Crippen molar-refractivity contribution in [3.8, 4) is 5.75 Å². The Morgan fingerprint density at radius 3 is 2.43 bits per heavy atom. The number of hydrogen-bond donors (Lipinski definition) is 2. The van der Waals surface area contributed by atoms with Gasteiger partial charge in [0.25, 0.3) is 0 Å². The van der Waals surface area contributed by atoms with Crippen LogP contribution in [0, 0.1) is 0 Å². The lowest BCUT2D eigenvalue weighted by Gasteiger charge is -2.33. The van der Waals surface area contributed by atoms with Gasteiger partial charge in [-0.05, 0) is 42.0 Å². The summed E-state index contributed by atoms with van der Waals surface area (Å²) in [6.07, 6.45) is 1.12. The molecule has 1 heterocycles. The summed E-state index contributed by atoms with van der Waals surface area (Å²) in [4.78, 5) is 23.6. The minimum absolute atomic E-state index is 0.173. The van der Waals surface area contributed by atoms with Crippen molar-refractivity contribution in [1.82, 2.24) is 5.32 Å². The van der Waals surface area contributed by atoms with E-state index in [9.17, 15) is 14.7 Å². The fourth-order valence-electron chi connectivity index (χ4n) is 2.35. The molecule has 0 aliphatic carbocycles. The van der Waals surface area contributed by atoms with Gasteiger partial charge in [-0.25, -0.2) is 4.79 Å². The molecular weight excluding hydrogens is 290 g/mol. The first-order chi connectivity index (χ1) is 10.1. The van der Waals surface area contributed by atoms with Gasteiger partial charge in [0, 0.05) is 0 Å². The fourth-order valence-corrected chi connectivity index (χ4v) is 3.54. The fraction of sp³-hybridized carbons (Fsp3) is 0.467. The normalized spacial score (nSPS) is 17.0. The molecule has 1 aliphatic heterocycles. The minimum Gasteiger partial charge on any atom is -0.497 e. The second-order valence-electron chi connectivity index (χ2n) is 5.07. The Labute approximate surface area is 128 Å². The summed E-state index contributed by atoms with van der Waals surface area (Å²) in [7, 11) is 1.58. The number of thioether (sulfide) groups is 1. The number of hydrogen-bond acceptors (Lipinski definition) is 4. The molecule has 114 valence electrons. The lowest BCUT2D eigenvalue weighted by molar-refractivity contribution is -0.148. The first-order valence-electron chi connectivity index (χ1n) is 6.81. The van der Waals surface area contributed by atoms with E-state index >= 15 is 0 Å². The van der Waals surface area contributed by atoms with Crippen LogP contribution < -0.4 is 10.1 Å². The maximum Gasteiger partial charge on any atom is 0.329 e. The van der Waals surface area contributed by atoms with Gasteiger partial charge in [-0.15, -0.1) is 0 Å². The first kappa shape index (κ1) is 15.7. The summed E-state index contributed by atoms with van der Waals surface area (Å²) < 4.78 is 5.06. The molecule has 1 aromatic rings. The number of carbonyl (C=O) groups excluding carboxylic acids is 1. The van der Waals surface area contributed by atoms with Crippen LogP contribution in [0.15, 0.2) is 24.3 Å². The number of ether oxygens (including phenoxy) is 1. The topological polar surface area (TPSA) is 75.6 Å². The Hall–Kier alpha value is -1.69. The van der Waals surface area contributed by atoms with E-state index in [-0.39, 0.29) is 12.3 Å². The van der Waals surface area contributed by atoms with Crippen molar-refractivity contribution in [3.63, 3.8) is 0 Å². The lowest BCUT2D eigenvalue weighted by atomic mass is 9.92. The highest BCUT2D eigenvalue weighted by Crippen LogP contribution is 2.27. The first-order valence-corrected chi connectivity index (χ1v) is 7.96. The third-order valence-corrected chi connectivity index (χ3v) is 4.64. The number of carbonyl (C=O) groups is 2. The molecule has 0 bridgehead atoms. The van der Waals surface area contributed by atoms with Crippen molar-refractivity contribution >= 4 is 23.6 Å². The molecule has 0 aromatic heterocycles. The third kappa shape index (κ3) is 3.91. The zero-order chi connectivity index (χ0) is 15.3. The zero-order valence-corrected chi connectivity index (χ0v) is 12.7. The molecule has 0 saturated carbocycles. The average Bonchev–Trinajstić information content (AvgIpc) is 2.48. The second-order valence-corrected chi connectivity index (χ2v) is 6.30. The van der Waals surface area contributed by atoms with Crippen LogP contribution in [0.3, 0.4) is 0 Å². The van der Waals surface area contributed by atoms with E-state index in [4.69, 9.17) is 4.74 Å². The van der Waals surface area contributed by atoms with Crippen LogP contribution >= 0.6 is 11.8 Å². The molecular formula is C15H19NO4S. The number of nitrogens with one attached hydrogen (secondary N) is 1. The third-order valence-electron chi connectivity index (χ3n) is 3.66. The number of amides is 1. The molecule has 1 aromatic carbocycles.